The first-order valence-electron chi connectivity index (χ1n) is 5.08. The van der Waals surface area contributed by atoms with Crippen LogP contribution in [0, 0.1) is 0 Å². The highest BCUT2D eigenvalue weighted by atomic mass is 35.5. The van der Waals surface area contributed by atoms with Crippen molar-refractivity contribution in [2.45, 2.75) is 25.4 Å². The van der Waals surface area contributed by atoms with Crippen molar-refractivity contribution in [3.63, 3.8) is 0 Å². The Morgan fingerprint density at radius 3 is 3.13 bits per heavy atom. The first-order valence-corrected chi connectivity index (χ1v) is 5.08. The van der Waals surface area contributed by atoms with Gasteiger partial charge in [-0.15, -0.1) is 12.4 Å². The van der Waals surface area contributed by atoms with E-state index in [0.29, 0.717) is 6.54 Å². The molecule has 5 N–H and O–H groups in total. The van der Waals surface area contributed by atoms with Gasteiger partial charge in [-0.2, -0.15) is 5.10 Å². The van der Waals surface area contributed by atoms with Gasteiger partial charge in [0, 0.05) is 24.7 Å². The molecule has 5 nitrogen and oxygen atoms in total. The van der Waals surface area contributed by atoms with Crippen LogP contribution in [-0.4, -0.2) is 22.9 Å². The van der Waals surface area contributed by atoms with Crippen LogP contribution in [0.3, 0.4) is 0 Å². The number of rotatable bonds is 3. The Morgan fingerprint density at radius 2 is 2.40 bits per heavy atom. The van der Waals surface area contributed by atoms with Crippen molar-refractivity contribution in [3.8, 4) is 0 Å². The van der Waals surface area contributed by atoms with Gasteiger partial charge >= 0.3 is 0 Å². The fourth-order valence-electron chi connectivity index (χ4n) is 1.80. The Labute approximate surface area is 95.6 Å². The predicted octanol–water partition coefficient (Wildman–Crippen LogP) is 0.469. The summed E-state index contributed by atoms with van der Waals surface area (Å²) in [5, 5.41) is 7.62. The second-order valence-corrected chi connectivity index (χ2v) is 3.64. The Bertz CT molecular complexity index is 311. The van der Waals surface area contributed by atoms with Crippen molar-refractivity contribution >= 4 is 18.2 Å². The average Bonchev–Trinajstić information content (AvgIpc) is 2.61. The third kappa shape index (κ3) is 2.42. The lowest BCUT2D eigenvalue weighted by Crippen LogP contribution is -2.21. The first-order chi connectivity index (χ1) is 6.83. The van der Waals surface area contributed by atoms with Crippen LogP contribution < -0.4 is 16.8 Å². The molecule has 0 spiro atoms. The second-order valence-electron chi connectivity index (χ2n) is 3.64. The van der Waals surface area contributed by atoms with E-state index in [4.69, 9.17) is 11.5 Å². The van der Waals surface area contributed by atoms with Gasteiger partial charge in [0.15, 0.2) is 0 Å². The molecule has 2 rings (SSSR count). The molecule has 0 radical (unpaired) electrons. The van der Waals surface area contributed by atoms with Crippen LogP contribution in [0.1, 0.15) is 24.4 Å². The summed E-state index contributed by atoms with van der Waals surface area (Å²) >= 11 is 0. The van der Waals surface area contributed by atoms with Gasteiger partial charge in [0.05, 0.1) is 6.20 Å². The SMILES string of the molecule is Cl.NCCC(N)c1cnn2c1NCCC2. The lowest BCUT2D eigenvalue weighted by Gasteiger charge is -2.19. The summed E-state index contributed by atoms with van der Waals surface area (Å²) < 4.78 is 1.98. The molecule has 1 atom stereocenters. The zero-order valence-corrected chi connectivity index (χ0v) is 9.46. The average molecular weight is 232 g/mol. The number of fused-ring (bicyclic) bond motifs is 1. The van der Waals surface area contributed by atoms with E-state index < -0.39 is 0 Å². The standard InChI is InChI=1S/C9H17N5.ClH/c10-3-2-8(11)7-6-13-14-5-1-4-12-9(7)14;/h6,8,12H,1-5,10-11H2;1H. The fraction of sp³-hybridized carbons (Fsp3) is 0.667. The highest BCUT2D eigenvalue weighted by Gasteiger charge is 2.18. The molecule has 0 saturated carbocycles. The van der Waals surface area contributed by atoms with Crippen molar-refractivity contribution in [2.24, 2.45) is 11.5 Å². The van der Waals surface area contributed by atoms with Gasteiger partial charge < -0.3 is 16.8 Å². The molecular weight excluding hydrogens is 214 g/mol. The molecule has 2 heterocycles. The number of nitrogens with one attached hydrogen (secondary N) is 1. The third-order valence-corrected chi connectivity index (χ3v) is 2.58. The molecule has 0 amide bonds. The summed E-state index contributed by atoms with van der Waals surface area (Å²) in [5.41, 5.74) is 12.6. The molecule has 0 aromatic carbocycles. The van der Waals surface area contributed by atoms with Crippen molar-refractivity contribution in [3.05, 3.63) is 11.8 Å². The quantitative estimate of drug-likeness (QED) is 0.706. The molecule has 1 aromatic rings. The molecule has 1 aromatic heterocycles. The van der Waals surface area contributed by atoms with Gasteiger partial charge in [-0.05, 0) is 19.4 Å². The highest BCUT2D eigenvalue weighted by Crippen LogP contribution is 2.25. The zero-order valence-electron chi connectivity index (χ0n) is 8.65. The number of aryl methyl sites for hydroxylation is 1. The van der Waals surface area contributed by atoms with E-state index in [1.807, 2.05) is 10.9 Å². The van der Waals surface area contributed by atoms with Crippen LogP contribution in [0.5, 0.6) is 0 Å². The van der Waals surface area contributed by atoms with Gasteiger partial charge in [-0.3, -0.25) is 0 Å². The van der Waals surface area contributed by atoms with Gasteiger partial charge in [0.1, 0.15) is 5.82 Å². The van der Waals surface area contributed by atoms with E-state index in [1.54, 1.807) is 0 Å². The number of hydrogen-bond donors (Lipinski definition) is 3. The number of nitrogens with zero attached hydrogens (tertiary/aromatic N) is 2. The Morgan fingerprint density at radius 1 is 1.60 bits per heavy atom. The zero-order chi connectivity index (χ0) is 9.97. The minimum Gasteiger partial charge on any atom is -0.370 e. The van der Waals surface area contributed by atoms with E-state index in [9.17, 15) is 0 Å². The summed E-state index contributed by atoms with van der Waals surface area (Å²) in [7, 11) is 0. The van der Waals surface area contributed by atoms with E-state index in [2.05, 4.69) is 10.4 Å². The molecule has 86 valence electrons. The summed E-state index contributed by atoms with van der Waals surface area (Å²) in [6.45, 7) is 2.61. The number of nitrogens with two attached hydrogens (primary N) is 2. The molecule has 0 saturated heterocycles. The number of aromatic nitrogens is 2. The van der Waals surface area contributed by atoms with E-state index in [-0.39, 0.29) is 18.4 Å². The number of anilines is 1. The van der Waals surface area contributed by atoms with Gasteiger partial charge in [-0.1, -0.05) is 0 Å². The van der Waals surface area contributed by atoms with Gasteiger partial charge in [-0.25, -0.2) is 4.68 Å². The van der Waals surface area contributed by atoms with Crippen LogP contribution in [0.4, 0.5) is 5.82 Å². The maximum Gasteiger partial charge on any atom is 0.129 e. The minimum atomic E-state index is 0. The monoisotopic (exact) mass is 231 g/mol. The second kappa shape index (κ2) is 5.34. The smallest absolute Gasteiger partial charge is 0.129 e. The fourth-order valence-corrected chi connectivity index (χ4v) is 1.80. The molecule has 6 heteroatoms. The highest BCUT2D eigenvalue weighted by molar-refractivity contribution is 5.85. The molecule has 0 aliphatic carbocycles. The Kier molecular flexibility index (Phi) is 4.38. The summed E-state index contributed by atoms with van der Waals surface area (Å²) in [6, 6.07) is 0.00866. The molecular formula is C9H18ClN5. The Balaban J connectivity index is 0.00000112. The van der Waals surface area contributed by atoms with E-state index in [0.717, 1.165) is 37.3 Å². The van der Waals surface area contributed by atoms with E-state index >= 15 is 0 Å². The van der Waals surface area contributed by atoms with Crippen LogP contribution in [-0.2, 0) is 6.54 Å². The summed E-state index contributed by atoms with van der Waals surface area (Å²) in [4.78, 5) is 0. The third-order valence-electron chi connectivity index (χ3n) is 2.58. The molecule has 15 heavy (non-hydrogen) atoms. The van der Waals surface area contributed by atoms with Crippen LogP contribution in [0.15, 0.2) is 6.20 Å². The molecule has 0 bridgehead atoms. The largest absolute Gasteiger partial charge is 0.370 e. The Hall–Kier alpha value is -0.780. The minimum absolute atomic E-state index is 0. The maximum atomic E-state index is 6.00. The van der Waals surface area contributed by atoms with Crippen LogP contribution >= 0.6 is 12.4 Å². The number of halogens is 1. The number of hydrogen-bond acceptors (Lipinski definition) is 4. The van der Waals surface area contributed by atoms with Crippen LogP contribution in [0.25, 0.3) is 0 Å². The summed E-state index contributed by atoms with van der Waals surface area (Å²) in [6.07, 6.45) is 3.79. The topological polar surface area (TPSA) is 81.9 Å². The van der Waals surface area contributed by atoms with Gasteiger partial charge in [0.2, 0.25) is 0 Å². The molecule has 1 unspecified atom stereocenters. The first kappa shape index (κ1) is 12.3. The summed E-state index contributed by atoms with van der Waals surface area (Å²) in [5.74, 6) is 1.08. The predicted molar refractivity (Wildman–Crippen MR) is 63.2 cm³/mol. The normalized spacial score (nSPS) is 16.1. The van der Waals surface area contributed by atoms with Crippen molar-refractivity contribution in [2.75, 3.05) is 18.4 Å². The lowest BCUT2D eigenvalue weighted by molar-refractivity contribution is 0.564. The molecule has 0 fully saturated rings. The van der Waals surface area contributed by atoms with Crippen molar-refractivity contribution < 1.29 is 0 Å². The lowest BCUT2D eigenvalue weighted by atomic mass is 10.1. The molecule has 1 aliphatic rings. The van der Waals surface area contributed by atoms with Crippen LogP contribution in [0.2, 0.25) is 0 Å². The maximum absolute atomic E-state index is 6.00. The molecule has 1 aliphatic heterocycles. The van der Waals surface area contributed by atoms with Crippen molar-refractivity contribution in [1.29, 1.82) is 0 Å². The van der Waals surface area contributed by atoms with Crippen molar-refractivity contribution in [1.82, 2.24) is 9.78 Å². The van der Waals surface area contributed by atoms with E-state index in [1.165, 1.54) is 0 Å². The van der Waals surface area contributed by atoms with Gasteiger partial charge in [0.25, 0.3) is 0 Å².